The van der Waals surface area contributed by atoms with Gasteiger partial charge in [0.1, 0.15) is 5.75 Å². The van der Waals surface area contributed by atoms with Crippen LogP contribution in [0.15, 0.2) is 60.7 Å². The second-order valence-corrected chi connectivity index (χ2v) is 6.33. The van der Waals surface area contributed by atoms with Crippen molar-refractivity contribution in [3.63, 3.8) is 0 Å². The zero-order valence-corrected chi connectivity index (χ0v) is 16.8. The van der Waals surface area contributed by atoms with E-state index in [1.165, 1.54) is 5.69 Å². The van der Waals surface area contributed by atoms with Crippen LogP contribution < -0.4 is 20.3 Å². The van der Waals surface area contributed by atoms with E-state index in [-0.39, 0.29) is 11.6 Å². The SMILES string of the molecule is CCN(CC)c1ccc(Nc2ccc(C(=O)Nc3ccc(OC)cc3)nn2)cc1. The standard InChI is InChI=1S/C22H25N5O2/c1-4-27(5-2)18-10-6-16(7-11-18)23-21-15-14-20(25-26-21)22(28)24-17-8-12-19(29-3)13-9-17/h6-15H,4-5H2,1-3H3,(H,23,26)(H,24,28). The average Bonchev–Trinajstić information content (AvgIpc) is 2.77. The minimum absolute atomic E-state index is 0.239. The van der Waals surface area contributed by atoms with Gasteiger partial charge < -0.3 is 20.3 Å². The number of rotatable bonds is 8. The molecule has 0 radical (unpaired) electrons. The van der Waals surface area contributed by atoms with E-state index in [4.69, 9.17) is 4.74 Å². The molecule has 0 unspecified atom stereocenters. The molecule has 3 rings (SSSR count). The molecule has 1 aromatic heterocycles. The van der Waals surface area contributed by atoms with E-state index in [1.807, 2.05) is 12.1 Å². The van der Waals surface area contributed by atoms with Crippen molar-refractivity contribution in [1.82, 2.24) is 10.2 Å². The van der Waals surface area contributed by atoms with Crippen LogP contribution in [0, 0.1) is 0 Å². The molecule has 0 aliphatic carbocycles. The third-order valence-corrected chi connectivity index (χ3v) is 4.51. The highest BCUT2D eigenvalue weighted by atomic mass is 16.5. The van der Waals surface area contributed by atoms with Gasteiger partial charge >= 0.3 is 0 Å². The van der Waals surface area contributed by atoms with Crippen molar-refractivity contribution in [1.29, 1.82) is 0 Å². The molecule has 0 saturated heterocycles. The minimum Gasteiger partial charge on any atom is -0.497 e. The number of hydrogen-bond acceptors (Lipinski definition) is 6. The summed E-state index contributed by atoms with van der Waals surface area (Å²) >= 11 is 0. The monoisotopic (exact) mass is 391 g/mol. The van der Waals surface area contributed by atoms with E-state index < -0.39 is 0 Å². The lowest BCUT2D eigenvalue weighted by Gasteiger charge is -2.21. The van der Waals surface area contributed by atoms with E-state index >= 15 is 0 Å². The Morgan fingerprint density at radius 3 is 2.10 bits per heavy atom. The molecule has 0 spiro atoms. The van der Waals surface area contributed by atoms with Crippen LogP contribution in [0.1, 0.15) is 24.3 Å². The number of carbonyl (C=O) groups excluding carboxylic acids is 1. The maximum atomic E-state index is 12.3. The molecule has 2 aromatic carbocycles. The fraction of sp³-hybridized carbons (Fsp3) is 0.227. The van der Waals surface area contributed by atoms with Crippen LogP contribution in [0.25, 0.3) is 0 Å². The molecule has 0 aliphatic heterocycles. The predicted octanol–water partition coefficient (Wildman–Crippen LogP) is 4.33. The van der Waals surface area contributed by atoms with Crippen LogP contribution in [0.2, 0.25) is 0 Å². The number of methoxy groups -OCH3 is 1. The second-order valence-electron chi connectivity index (χ2n) is 6.33. The molecule has 0 saturated carbocycles. The summed E-state index contributed by atoms with van der Waals surface area (Å²) in [5.41, 5.74) is 2.99. The zero-order chi connectivity index (χ0) is 20.6. The normalized spacial score (nSPS) is 10.3. The maximum absolute atomic E-state index is 12.3. The van der Waals surface area contributed by atoms with Gasteiger partial charge in [-0.05, 0) is 74.5 Å². The third kappa shape index (κ3) is 5.22. The first-order valence-corrected chi connectivity index (χ1v) is 9.54. The highest BCUT2D eigenvalue weighted by Gasteiger charge is 2.09. The zero-order valence-electron chi connectivity index (χ0n) is 16.8. The first-order valence-electron chi connectivity index (χ1n) is 9.54. The molecule has 2 N–H and O–H groups in total. The Balaban J connectivity index is 1.61. The lowest BCUT2D eigenvalue weighted by molar-refractivity contribution is 0.102. The Morgan fingerprint density at radius 2 is 1.55 bits per heavy atom. The largest absolute Gasteiger partial charge is 0.497 e. The van der Waals surface area contributed by atoms with Crippen LogP contribution in [0.3, 0.4) is 0 Å². The number of ether oxygens (including phenoxy) is 1. The third-order valence-electron chi connectivity index (χ3n) is 4.51. The van der Waals surface area contributed by atoms with E-state index in [0.29, 0.717) is 11.5 Å². The summed E-state index contributed by atoms with van der Waals surface area (Å²) in [5, 5.41) is 14.1. The summed E-state index contributed by atoms with van der Waals surface area (Å²) in [4.78, 5) is 14.6. The molecule has 1 amide bonds. The van der Waals surface area contributed by atoms with Crippen molar-refractivity contribution < 1.29 is 9.53 Å². The van der Waals surface area contributed by atoms with Crippen molar-refractivity contribution in [2.45, 2.75) is 13.8 Å². The van der Waals surface area contributed by atoms with Gasteiger partial charge in [-0.2, -0.15) is 0 Å². The first-order chi connectivity index (χ1) is 14.1. The number of benzene rings is 2. The number of hydrogen-bond donors (Lipinski definition) is 2. The fourth-order valence-corrected chi connectivity index (χ4v) is 2.88. The van der Waals surface area contributed by atoms with Gasteiger partial charge in [-0.3, -0.25) is 4.79 Å². The fourth-order valence-electron chi connectivity index (χ4n) is 2.88. The van der Waals surface area contributed by atoms with Crippen molar-refractivity contribution in [3.05, 3.63) is 66.4 Å². The second kappa shape index (κ2) is 9.54. The Labute approximate surface area is 170 Å². The lowest BCUT2D eigenvalue weighted by Crippen LogP contribution is -2.21. The quantitative estimate of drug-likeness (QED) is 0.595. The van der Waals surface area contributed by atoms with Gasteiger partial charge in [0.05, 0.1) is 7.11 Å². The lowest BCUT2D eigenvalue weighted by atomic mass is 10.2. The number of aromatic nitrogens is 2. The molecule has 0 fully saturated rings. The van der Waals surface area contributed by atoms with Gasteiger partial charge in [0, 0.05) is 30.2 Å². The number of nitrogens with one attached hydrogen (secondary N) is 2. The van der Waals surface area contributed by atoms with E-state index in [0.717, 1.165) is 24.5 Å². The smallest absolute Gasteiger partial charge is 0.276 e. The van der Waals surface area contributed by atoms with Gasteiger partial charge in [0.15, 0.2) is 11.5 Å². The van der Waals surface area contributed by atoms with Crippen LogP contribution in [0.4, 0.5) is 22.9 Å². The number of amides is 1. The number of nitrogens with zero attached hydrogens (tertiary/aromatic N) is 3. The Morgan fingerprint density at radius 1 is 0.897 bits per heavy atom. The van der Waals surface area contributed by atoms with Gasteiger partial charge in [0.2, 0.25) is 0 Å². The molecule has 3 aromatic rings. The van der Waals surface area contributed by atoms with Crippen molar-refractivity contribution in [2.24, 2.45) is 0 Å². The van der Waals surface area contributed by atoms with Crippen LogP contribution in [0.5, 0.6) is 5.75 Å². The minimum atomic E-state index is -0.321. The molecule has 7 nitrogen and oxygen atoms in total. The summed E-state index contributed by atoms with van der Waals surface area (Å²) in [5.74, 6) is 0.975. The van der Waals surface area contributed by atoms with E-state index in [9.17, 15) is 4.79 Å². The maximum Gasteiger partial charge on any atom is 0.276 e. The Hall–Kier alpha value is -3.61. The van der Waals surface area contributed by atoms with Crippen LogP contribution in [-0.2, 0) is 0 Å². The van der Waals surface area contributed by atoms with Crippen molar-refractivity contribution in [2.75, 3.05) is 35.7 Å². The molecule has 150 valence electrons. The van der Waals surface area contributed by atoms with E-state index in [2.05, 4.69) is 51.7 Å². The molecule has 0 aliphatic rings. The summed E-state index contributed by atoms with van der Waals surface area (Å²) < 4.78 is 5.11. The summed E-state index contributed by atoms with van der Waals surface area (Å²) in [7, 11) is 1.60. The summed E-state index contributed by atoms with van der Waals surface area (Å²) in [6.07, 6.45) is 0. The average molecular weight is 391 g/mol. The van der Waals surface area contributed by atoms with Crippen molar-refractivity contribution >= 4 is 28.8 Å². The highest BCUT2D eigenvalue weighted by molar-refractivity contribution is 6.02. The van der Waals surface area contributed by atoms with Gasteiger partial charge in [0.25, 0.3) is 5.91 Å². The van der Waals surface area contributed by atoms with Gasteiger partial charge in [-0.15, -0.1) is 10.2 Å². The molecule has 7 heteroatoms. The van der Waals surface area contributed by atoms with Crippen molar-refractivity contribution in [3.8, 4) is 5.75 Å². The van der Waals surface area contributed by atoms with Gasteiger partial charge in [-0.25, -0.2) is 0 Å². The predicted molar refractivity (Wildman–Crippen MR) is 116 cm³/mol. The molecule has 29 heavy (non-hydrogen) atoms. The summed E-state index contributed by atoms with van der Waals surface area (Å²) in [6.45, 7) is 6.21. The Kier molecular flexibility index (Phi) is 6.63. The molecule has 0 atom stereocenters. The topological polar surface area (TPSA) is 79.4 Å². The molecule has 0 bridgehead atoms. The summed E-state index contributed by atoms with van der Waals surface area (Å²) in [6, 6.07) is 18.6. The highest BCUT2D eigenvalue weighted by Crippen LogP contribution is 2.20. The Bertz CT molecular complexity index is 921. The van der Waals surface area contributed by atoms with E-state index in [1.54, 1.807) is 43.5 Å². The molecule has 1 heterocycles. The number of anilines is 4. The first kappa shape index (κ1) is 20.1. The molecular weight excluding hydrogens is 366 g/mol. The van der Waals surface area contributed by atoms with Crippen LogP contribution in [-0.4, -0.2) is 36.3 Å². The van der Waals surface area contributed by atoms with Crippen LogP contribution >= 0.6 is 0 Å². The van der Waals surface area contributed by atoms with Gasteiger partial charge in [-0.1, -0.05) is 0 Å². The molecular formula is C22H25N5O2. The number of carbonyl (C=O) groups is 1.